The Morgan fingerprint density at radius 3 is 2.74 bits per heavy atom. The molecule has 0 saturated carbocycles. The van der Waals surface area contributed by atoms with Gasteiger partial charge in [0, 0.05) is 23.8 Å². The van der Waals surface area contributed by atoms with Crippen molar-refractivity contribution < 1.29 is 14.7 Å². The van der Waals surface area contributed by atoms with E-state index in [4.69, 9.17) is 5.11 Å². The molecule has 0 aliphatic carbocycles. The second kappa shape index (κ2) is 6.38. The summed E-state index contributed by atoms with van der Waals surface area (Å²) in [4.78, 5) is 28.9. The zero-order chi connectivity index (χ0) is 13.8. The van der Waals surface area contributed by atoms with Crippen LogP contribution in [-0.2, 0) is 4.79 Å². The molecule has 102 valence electrons. The van der Waals surface area contributed by atoms with Gasteiger partial charge < -0.3 is 10.0 Å². The normalized spacial score (nSPS) is 14.7. The summed E-state index contributed by atoms with van der Waals surface area (Å²) in [6, 6.07) is 1.50. The quantitative estimate of drug-likeness (QED) is 0.848. The van der Waals surface area contributed by atoms with Crippen LogP contribution in [0.2, 0.25) is 0 Å². The number of likely N-dealkylation sites (tertiary alicyclic amines) is 1. The SMILES string of the molecule is O=C(O)c1cc(Br)cnc1SCC(=O)N1CCCC1. The molecule has 0 aromatic carbocycles. The molecule has 1 aromatic rings. The van der Waals surface area contributed by atoms with Gasteiger partial charge in [-0.1, -0.05) is 11.8 Å². The van der Waals surface area contributed by atoms with E-state index in [0.29, 0.717) is 9.50 Å². The third kappa shape index (κ3) is 3.70. The predicted molar refractivity (Wildman–Crippen MR) is 75.4 cm³/mol. The summed E-state index contributed by atoms with van der Waals surface area (Å²) in [5, 5.41) is 9.48. The van der Waals surface area contributed by atoms with Crippen molar-refractivity contribution in [2.24, 2.45) is 0 Å². The number of aromatic nitrogens is 1. The molecular formula is C12H13BrN2O3S. The molecule has 0 unspecified atom stereocenters. The van der Waals surface area contributed by atoms with E-state index in [2.05, 4.69) is 20.9 Å². The molecule has 1 aliphatic heterocycles. The lowest BCUT2D eigenvalue weighted by Crippen LogP contribution is -2.29. The van der Waals surface area contributed by atoms with Gasteiger partial charge in [0.05, 0.1) is 11.3 Å². The second-order valence-electron chi connectivity index (χ2n) is 4.19. The summed E-state index contributed by atoms with van der Waals surface area (Å²) >= 11 is 4.36. The van der Waals surface area contributed by atoms with Crippen LogP contribution in [0.15, 0.2) is 21.8 Å². The zero-order valence-electron chi connectivity index (χ0n) is 10.1. The number of halogens is 1. The van der Waals surface area contributed by atoms with Crippen LogP contribution >= 0.6 is 27.7 Å². The number of carboxylic acids is 1. The summed E-state index contributed by atoms with van der Waals surface area (Å²) in [5.74, 6) is -0.761. The molecule has 0 spiro atoms. The summed E-state index contributed by atoms with van der Waals surface area (Å²) in [5.41, 5.74) is 0.119. The molecule has 7 heteroatoms. The van der Waals surface area contributed by atoms with Crippen LogP contribution in [0.3, 0.4) is 0 Å². The fourth-order valence-electron chi connectivity index (χ4n) is 1.88. The van der Waals surface area contributed by atoms with Gasteiger partial charge in [-0.15, -0.1) is 0 Å². The maximum absolute atomic E-state index is 11.9. The molecule has 1 amide bonds. The van der Waals surface area contributed by atoms with Gasteiger partial charge in [-0.3, -0.25) is 4.79 Å². The fourth-order valence-corrected chi connectivity index (χ4v) is 3.09. The number of rotatable bonds is 4. The lowest BCUT2D eigenvalue weighted by molar-refractivity contribution is -0.127. The zero-order valence-corrected chi connectivity index (χ0v) is 12.5. The average molecular weight is 345 g/mol. The molecule has 2 rings (SSSR count). The number of carbonyl (C=O) groups is 2. The monoisotopic (exact) mass is 344 g/mol. The number of carboxylic acid groups (broad SMARTS) is 1. The Bertz CT molecular complexity index is 504. The Labute approximate surface area is 123 Å². The van der Waals surface area contributed by atoms with Crippen molar-refractivity contribution in [2.45, 2.75) is 17.9 Å². The number of hydrogen-bond acceptors (Lipinski definition) is 4. The van der Waals surface area contributed by atoms with E-state index in [0.717, 1.165) is 25.9 Å². The molecule has 0 radical (unpaired) electrons. The third-order valence-electron chi connectivity index (χ3n) is 2.84. The highest BCUT2D eigenvalue weighted by Gasteiger charge is 2.19. The van der Waals surface area contributed by atoms with Crippen LogP contribution in [0.1, 0.15) is 23.2 Å². The first-order chi connectivity index (χ1) is 9.08. The van der Waals surface area contributed by atoms with E-state index in [1.807, 2.05) is 4.90 Å². The highest BCUT2D eigenvalue weighted by atomic mass is 79.9. The van der Waals surface area contributed by atoms with Crippen LogP contribution in [0.25, 0.3) is 0 Å². The lowest BCUT2D eigenvalue weighted by atomic mass is 10.3. The van der Waals surface area contributed by atoms with Crippen LogP contribution in [-0.4, -0.2) is 45.7 Å². The number of pyridine rings is 1. The molecular weight excluding hydrogens is 332 g/mol. The fraction of sp³-hybridized carbons (Fsp3) is 0.417. The van der Waals surface area contributed by atoms with Crippen LogP contribution < -0.4 is 0 Å². The van der Waals surface area contributed by atoms with Crippen LogP contribution in [0.5, 0.6) is 0 Å². The first kappa shape index (κ1) is 14.3. The number of hydrogen-bond donors (Lipinski definition) is 1. The van der Waals surface area contributed by atoms with Gasteiger partial charge >= 0.3 is 5.97 Å². The Morgan fingerprint density at radius 1 is 1.42 bits per heavy atom. The molecule has 19 heavy (non-hydrogen) atoms. The number of thioether (sulfide) groups is 1. The Balaban J connectivity index is 2.02. The highest BCUT2D eigenvalue weighted by Crippen LogP contribution is 2.24. The summed E-state index contributed by atoms with van der Waals surface area (Å²) in [7, 11) is 0. The molecule has 1 aliphatic rings. The standard InChI is InChI=1S/C12H13BrN2O3S/c13-8-5-9(12(17)18)11(14-6-8)19-7-10(16)15-3-1-2-4-15/h5-6H,1-4,7H2,(H,17,18). The summed E-state index contributed by atoms with van der Waals surface area (Å²) < 4.78 is 0.611. The van der Waals surface area contributed by atoms with Crippen molar-refractivity contribution in [3.8, 4) is 0 Å². The Hall–Kier alpha value is -1.08. The lowest BCUT2D eigenvalue weighted by Gasteiger charge is -2.14. The van der Waals surface area contributed by atoms with E-state index in [9.17, 15) is 9.59 Å². The van der Waals surface area contributed by atoms with Gasteiger partial charge in [0.15, 0.2) is 0 Å². The van der Waals surface area contributed by atoms with E-state index in [-0.39, 0.29) is 17.2 Å². The van der Waals surface area contributed by atoms with Crippen molar-refractivity contribution in [2.75, 3.05) is 18.8 Å². The van der Waals surface area contributed by atoms with Crippen molar-refractivity contribution in [1.82, 2.24) is 9.88 Å². The highest BCUT2D eigenvalue weighted by molar-refractivity contribution is 9.10. The summed E-state index contributed by atoms with van der Waals surface area (Å²) in [6.07, 6.45) is 3.63. The van der Waals surface area contributed by atoms with Gasteiger partial charge in [0.1, 0.15) is 5.03 Å². The minimum atomic E-state index is -1.04. The topological polar surface area (TPSA) is 70.5 Å². The van der Waals surface area contributed by atoms with E-state index in [1.54, 1.807) is 0 Å². The van der Waals surface area contributed by atoms with Gasteiger partial charge in [-0.05, 0) is 34.8 Å². The number of aromatic carboxylic acids is 1. The molecule has 1 saturated heterocycles. The largest absolute Gasteiger partial charge is 0.478 e. The van der Waals surface area contributed by atoms with E-state index >= 15 is 0 Å². The maximum Gasteiger partial charge on any atom is 0.338 e. The molecule has 1 aromatic heterocycles. The summed E-state index contributed by atoms with van der Waals surface area (Å²) in [6.45, 7) is 1.61. The van der Waals surface area contributed by atoms with Gasteiger partial charge in [-0.2, -0.15) is 0 Å². The second-order valence-corrected chi connectivity index (χ2v) is 6.07. The number of carbonyl (C=O) groups excluding carboxylic acids is 1. The van der Waals surface area contributed by atoms with Crippen molar-refractivity contribution in [3.05, 3.63) is 22.3 Å². The average Bonchev–Trinajstić information content (AvgIpc) is 2.90. The van der Waals surface area contributed by atoms with Crippen molar-refractivity contribution >= 4 is 39.6 Å². The molecule has 1 N–H and O–H groups in total. The molecule has 2 heterocycles. The minimum Gasteiger partial charge on any atom is -0.478 e. The maximum atomic E-state index is 11.9. The number of nitrogens with zero attached hydrogens (tertiary/aromatic N) is 2. The van der Waals surface area contributed by atoms with Crippen LogP contribution in [0, 0.1) is 0 Å². The third-order valence-corrected chi connectivity index (χ3v) is 4.26. The van der Waals surface area contributed by atoms with E-state index in [1.165, 1.54) is 24.0 Å². The minimum absolute atomic E-state index is 0.0450. The van der Waals surface area contributed by atoms with Gasteiger partial charge in [-0.25, -0.2) is 9.78 Å². The van der Waals surface area contributed by atoms with Crippen LogP contribution in [0.4, 0.5) is 0 Å². The molecule has 1 fully saturated rings. The predicted octanol–water partition coefficient (Wildman–Crippen LogP) is 2.26. The first-order valence-corrected chi connectivity index (χ1v) is 7.65. The first-order valence-electron chi connectivity index (χ1n) is 5.87. The molecule has 0 bridgehead atoms. The van der Waals surface area contributed by atoms with E-state index < -0.39 is 5.97 Å². The Morgan fingerprint density at radius 2 is 2.11 bits per heavy atom. The van der Waals surface area contributed by atoms with Gasteiger partial charge in [0.2, 0.25) is 5.91 Å². The molecule has 5 nitrogen and oxygen atoms in total. The van der Waals surface area contributed by atoms with Crippen molar-refractivity contribution in [3.63, 3.8) is 0 Å². The Kier molecular flexibility index (Phi) is 4.81. The van der Waals surface area contributed by atoms with Crippen molar-refractivity contribution in [1.29, 1.82) is 0 Å². The number of amides is 1. The van der Waals surface area contributed by atoms with Gasteiger partial charge in [0.25, 0.3) is 0 Å². The molecule has 0 atom stereocenters. The smallest absolute Gasteiger partial charge is 0.338 e.